The van der Waals surface area contributed by atoms with Crippen molar-refractivity contribution >= 4 is 32.9 Å². The molecule has 0 aliphatic heterocycles. The maximum absolute atomic E-state index is 13.0. The van der Waals surface area contributed by atoms with E-state index in [1.165, 1.54) is 32.8 Å². The summed E-state index contributed by atoms with van der Waals surface area (Å²) in [6.45, 7) is 0. The molecule has 0 saturated heterocycles. The van der Waals surface area contributed by atoms with E-state index in [2.05, 4.69) is 0 Å². The molecule has 1 heterocycles. The molecule has 0 unspecified atom stereocenters. The molecule has 0 spiro atoms. The van der Waals surface area contributed by atoms with Gasteiger partial charge >= 0.3 is 0 Å². The van der Waals surface area contributed by atoms with Crippen LogP contribution in [0.5, 0.6) is 5.75 Å². The molecule has 1 aromatic carbocycles. The number of phenolic OH excluding ortho intramolecular Hbond substituents is 1. The summed E-state index contributed by atoms with van der Waals surface area (Å²) in [5, 5.41) is 9.01. The number of aromatic hydroxyl groups is 1. The van der Waals surface area contributed by atoms with Crippen LogP contribution in [0.1, 0.15) is 0 Å². The molecule has 72 valence electrons. The molecule has 1 aromatic heterocycles. The van der Waals surface area contributed by atoms with Gasteiger partial charge in [-0.3, -0.25) is 0 Å². The normalized spacial score (nSPS) is 10.4. The molecule has 2 rings (SSSR count). The Morgan fingerprint density at radius 3 is 2.57 bits per heavy atom. The van der Waals surface area contributed by atoms with Gasteiger partial charge in [0.2, 0.25) is 0 Å². The Morgan fingerprint density at radius 1 is 1.21 bits per heavy atom. The van der Waals surface area contributed by atoms with Gasteiger partial charge in [0.25, 0.3) is 0 Å². The van der Waals surface area contributed by atoms with Gasteiger partial charge in [-0.15, -0.1) is 0 Å². The summed E-state index contributed by atoms with van der Waals surface area (Å²) in [7, 11) is 2.99. The van der Waals surface area contributed by atoms with E-state index in [-0.39, 0.29) is 5.75 Å². The third-order valence-corrected chi connectivity index (χ3v) is 4.60. The molecular formula is C9H5FOS3. The Kier molecular flexibility index (Phi) is 2.62. The molecule has 0 amide bonds. The van der Waals surface area contributed by atoms with Crippen molar-refractivity contribution < 1.29 is 9.50 Å². The molecule has 0 radical (unpaired) electrons. The highest BCUT2D eigenvalue weighted by molar-refractivity contribution is 7.80. The standard InChI is InChI=1S/C9H5FOS3/c10-6-3-5(1-2-7(6)11)8-4-9(12)14-13-8/h1-4,11H. The summed E-state index contributed by atoms with van der Waals surface area (Å²) >= 11 is 4.98. The van der Waals surface area contributed by atoms with Crippen LogP contribution in [0, 0.1) is 9.64 Å². The minimum Gasteiger partial charge on any atom is -0.505 e. The summed E-state index contributed by atoms with van der Waals surface area (Å²) < 4.78 is 13.8. The zero-order valence-corrected chi connectivity index (χ0v) is 9.31. The van der Waals surface area contributed by atoms with E-state index in [1.54, 1.807) is 6.07 Å². The van der Waals surface area contributed by atoms with Crippen LogP contribution < -0.4 is 0 Å². The van der Waals surface area contributed by atoms with Crippen molar-refractivity contribution in [2.45, 2.75) is 0 Å². The maximum Gasteiger partial charge on any atom is 0.165 e. The first kappa shape index (κ1) is 9.76. The topological polar surface area (TPSA) is 20.2 Å². The van der Waals surface area contributed by atoms with Gasteiger partial charge < -0.3 is 5.11 Å². The number of halogens is 1. The largest absolute Gasteiger partial charge is 0.505 e. The van der Waals surface area contributed by atoms with E-state index in [0.717, 1.165) is 14.3 Å². The quantitative estimate of drug-likeness (QED) is 0.603. The van der Waals surface area contributed by atoms with E-state index in [4.69, 9.17) is 17.3 Å². The first-order valence-corrected chi connectivity index (χ1v) is 6.32. The smallest absolute Gasteiger partial charge is 0.165 e. The van der Waals surface area contributed by atoms with Gasteiger partial charge in [-0.05, 0) is 29.8 Å². The zero-order chi connectivity index (χ0) is 10.1. The number of hydrogen-bond acceptors (Lipinski definition) is 4. The third-order valence-electron chi connectivity index (χ3n) is 1.69. The predicted molar refractivity (Wildman–Crippen MR) is 60.1 cm³/mol. The molecule has 5 heteroatoms. The van der Waals surface area contributed by atoms with Gasteiger partial charge in [-0.25, -0.2) is 4.39 Å². The van der Waals surface area contributed by atoms with Crippen molar-refractivity contribution in [1.82, 2.24) is 0 Å². The van der Waals surface area contributed by atoms with Crippen molar-refractivity contribution in [3.63, 3.8) is 0 Å². The molecule has 0 atom stereocenters. The summed E-state index contributed by atoms with van der Waals surface area (Å²) in [6.07, 6.45) is 0. The number of rotatable bonds is 1. The van der Waals surface area contributed by atoms with Crippen LogP contribution in [-0.2, 0) is 0 Å². The van der Waals surface area contributed by atoms with Crippen LogP contribution in [-0.4, -0.2) is 5.11 Å². The predicted octanol–water partition coefficient (Wildman–Crippen LogP) is 4.05. The molecule has 0 aliphatic carbocycles. The summed E-state index contributed by atoms with van der Waals surface area (Å²) in [4.78, 5) is 0.930. The SMILES string of the molecule is Oc1ccc(-c2cc(=S)ss2)cc1F. The lowest BCUT2D eigenvalue weighted by atomic mass is 10.2. The molecule has 0 aliphatic rings. The number of phenols is 1. The maximum atomic E-state index is 13.0. The third kappa shape index (κ3) is 1.84. The lowest BCUT2D eigenvalue weighted by Gasteiger charge is -1.98. The summed E-state index contributed by atoms with van der Waals surface area (Å²) in [6, 6.07) is 6.16. The molecule has 14 heavy (non-hydrogen) atoms. The molecule has 0 fully saturated rings. The van der Waals surface area contributed by atoms with E-state index < -0.39 is 5.82 Å². The Hall–Kier alpha value is -0.780. The van der Waals surface area contributed by atoms with Crippen molar-refractivity contribution in [3.05, 3.63) is 33.9 Å². The average molecular weight is 244 g/mol. The van der Waals surface area contributed by atoms with Crippen LogP contribution >= 0.6 is 32.9 Å². The Morgan fingerprint density at radius 2 is 2.00 bits per heavy atom. The van der Waals surface area contributed by atoms with Gasteiger partial charge in [-0.1, -0.05) is 32.9 Å². The first-order chi connectivity index (χ1) is 6.66. The fourth-order valence-electron chi connectivity index (χ4n) is 1.03. The van der Waals surface area contributed by atoms with Crippen molar-refractivity contribution in [1.29, 1.82) is 0 Å². The molecule has 0 bridgehead atoms. The summed E-state index contributed by atoms with van der Waals surface area (Å²) in [5.41, 5.74) is 0.748. The second kappa shape index (κ2) is 3.76. The lowest BCUT2D eigenvalue weighted by Crippen LogP contribution is -1.77. The van der Waals surface area contributed by atoms with E-state index in [0.29, 0.717) is 0 Å². The highest BCUT2D eigenvalue weighted by atomic mass is 32.9. The van der Waals surface area contributed by atoms with Gasteiger partial charge in [0, 0.05) is 4.88 Å². The zero-order valence-electron chi connectivity index (χ0n) is 6.86. The van der Waals surface area contributed by atoms with E-state index in [1.807, 2.05) is 6.07 Å². The Bertz CT molecular complexity index is 515. The highest BCUT2D eigenvalue weighted by Crippen LogP contribution is 2.31. The minimum absolute atomic E-state index is 0.326. The molecule has 1 nitrogen and oxygen atoms in total. The monoisotopic (exact) mass is 244 g/mol. The van der Waals surface area contributed by atoms with Gasteiger partial charge in [0.1, 0.15) is 3.82 Å². The van der Waals surface area contributed by atoms with Crippen molar-refractivity contribution in [3.8, 4) is 16.2 Å². The fourth-order valence-corrected chi connectivity index (χ4v) is 3.43. The number of benzene rings is 1. The van der Waals surface area contributed by atoms with Crippen LogP contribution in [0.4, 0.5) is 4.39 Å². The van der Waals surface area contributed by atoms with Gasteiger partial charge in [0.05, 0.1) is 0 Å². The van der Waals surface area contributed by atoms with Crippen molar-refractivity contribution in [2.75, 3.05) is 0 Å². The Balaban J connectivity index is 2.52. The van der Waals surface area contributed by atoms with E-state index >= 15 is 0 Å². The first-order valence-electron chi connectivity index (χ1n) is 3.76. The summed E-state index contributed by atoms with van der Waals surface area (Å²) in [5.74, 6) is -0.931. The average Bonchev–Trinajstić information content (AvgIpc) is 2.57. The van der Waals surface area contributed by atoms with Gasteiger partial charge in [0.15, 0.2) is 11.6 Å². The van der Waals surface area contributed by atoms with Gasteiger partial charge in [-0.2, -0.15) is 0 Å². The van der Waals surface area contributed by atoms with Crippen LogP contribution in [0.3, 0.4) is 0 Å². The van der Waals surface area contributed by atoms with Crippen LogP contribution in [0.15, 0.2) is 24.3 Å². The molecule has 2 aromatic rings. The molecule has 0 saturated carbocycles. The van der Waals surface area contributed by atoms with Crippen LogP contribution in [0.2, 0.25) is 0 Å². The van der Waals surface area contributed by atoms with Crippen molar-refractivity contribution in [2.24, 2.45) is 0 Å². The van der Waals surface area contributed by atoms with Crippen LogP contribution in [0.25, 0.3) is 10.4 Å². The molecular weight excluding hydrogens is 239 g/mol. The molecule has 1 N–H and O–H groups in total. The highest BCUT2D eigenvalue weighted by Gasteiger charge is 2.04. The minimum atomic E-state index is -0.605. The lowest BCUT2D eigenvalue weighted by molar-refractivity contribution is 0.432. The second-order valence-electron chi connectivity index (χ2n) is 2.66. The second-order valence-corrected chi connectivity index (χ2v) is 5.57. The van der Waals surface area contributed by atoms with E-state index in [9.17, 15) is 4.39 Å². The number of hydrogen-bond donors (Lipinski definition) is 1. The Labute approximate surface area is 92.5 Å². The fraction of sp³-hybridized carbons (Fsp3) is 0.